The Morgan fingerprint density at radius 2 is 2.11 bits per heavy atom. The van der Waals surface area contributed by atoms with Crippen LogP contribution in [0, 0.1) is 13.8 Å². The molecule has 0 aliphatic heterocycles. The highest BCUT2D eigenvalue weighted by molar-refractivity contribution is 5.85. The molecule has 0 radical (unpaired) electrons. The molecule has 19 heavy (non-hydrogen) atoms. The average molecular weight is 290 g/mol. The van der Waals surface area contributed by atoms with Gasteiger partial charge in [-0.1, -0.05) is 18.5 Å². The molecule has 110 valence electrons. The second-order valence-electron chi connectivity index (χ2n) is 4.81. The van der Waals surface area contributed by atoms with Crippen molar-refractivity contribution in [3.05, 3.63) is 17.0 Å². The average Bonchev–Trinajstić information content (AvgIpc) is 2.61. The molecule has 1 aromatic heterocycles. The third-order valence-corrected chi connectivity index (χ3v) is 3.02. The van der Waals surface area contributed by atoms with Gasteiger partial charge in [0.25, 0.3) is 0 Å². The smallest absolute Gasteiger partial charge is 0.237 e. The molecule has 0 spiro atoms. The molecule has 1 aromatic rings. The van der Waals surface area contributed by atoms with Crippen LogP contribution in [0.4, 0.5) is 0 Å². The van der Waals surface area contributed by atoms with Crippen LogP contribution >= 0.6 is 12.4 Å². The number of aromatic nitrogens is 1. The number of carbonyl (C=O) groups excluding carboxylic acids is 1. The summed E-state index contributed by atoms with van der Waals surface area (Å²) in [4.78, 5) is 11.8. The van der Waals surface area contributed by atoms with E-state index < -0.39 is 6.04 Å². The monoisotopic (exact) mass is 289 g/mol. The number of nitrogens with zero attached hydrogens (tertiary/aromatic N) is 1. The van der Waals surface area contributed by atoms with E-state index in [-0.39, 0.29) is 24.4 Å². The third-order valence-electron chi connectivity index (χ3n) is 3.02. The molecule has 6 heteroatoms. The Kier molecular flexibility index (Phi) is 7.71. The van der Waals surface area contributed by atoms with Crippen LogP contribution in [0.25, 0.3) is 0 Å². The molecule has 0 bridgehead atoms. The molecule has 1 heterocycles. The first kappa shape index (κ1) is 17.9. The summed E-state index contributed by atoms with van der Waals surface area (Å²) in [5.41, 5.74) is 7.71. The van der Waals surface area contributed by atoms with Crippen LogP contribution in [0.15, 0.2) is 4.52 Å². The van der Waals surface area contributed by atoms with Gasteiger partial charge in [-0.2, -0.15) is 0 Å². The van der Waals surface area contributed by atoms with Gasteiger partial charge in [0.05, 0.1) is 11.7 Å². The minimum Gasteiger partial charge on any atom is -0.361 e. The minimum absolute atomic E-state index is 0. The Labute approximate surface area is 120 Å². The summed E-state index contributed by atoms with van der Waals surface area (Å²) in [5.74, 6) is 0.725. The lowest BCUT2D eigenvalue weighted by atomic mass is 10.0. The number of hydrogen-bond donors (Lipinski definition) is 2. The number of nitrogens with one attached hydrogen (secondary N) is 1. The summed E-state index contributed by atoms with van der Waals surface area (Å²) in [6.07, 6.45) is 2.34. The minimum atomic E-state index is -0.415. The van der Waals surface area contributed by atoms with E-state index in [2.05, 4.69) is 10.5 Å². The number of hydrogen-bond acceptors (Lipinski definition) is 4. The van der Waals surface area contributed by atoms with Gasteiger partial charge in [-0.15, -0.1) is 12.4 Å². The zero-order valence-corrected chi connectivity index (χ0v) is 12.8. The van der Waals surface area contributed by atoms with Crippen LogP contribution in [0.1, 0.15) is 43.7 Å². The van der Waals surface area contributed by atoms with Crippen molar-refractivity contribution in [3.8, 4) is 0 Å². The molecule has 0 aliphatic rings. The number of rotatable bonds is 6. The van der Waals surface area contributed by atoms with Gasteiger partial charge in [0.2, 0.25) is 5.91 Å². The van der Waals surface area contributed by atoms with Crippen LogP contribution in [0.2, 0.25) is 0 Å². The summed E-state index contributed by atoms with van der Waals surface area (Å²) in [7, 11) is 0. The number of amides is 1. The number of carbonyl (C=O) groups is 1. The molecule has 0 saturated heterocycles. The Bertz CT molecular complexity index is 387. The number of nitrogens with two attached hydrogens (primary N) is 1. The fourth-order valence-corrected chi connectivity index (χ4v) is 1.94. The van der Waals surface area contributed by atoms with Crippen LogP contribution in [-0.2, 0) is 11.2 Å². The molecular weight excluding hydrogens is 266 g/mol. The molecule has 1 rings (SSSR count). The van der Waals surface area contributed by atoms with Crippen LogP contribution < -0.4 is 11.1 Å². The number of halogens is 1. The van der Waals surface area contributed by atoms with Gasteiger partial charge in [-0.25, -0.2) is 0 Å². The lowest BCUT2D eigenvalue weighted by molar-refractivity contribution is -0.123. The first-order valence-electron chi connectivity index (χ1n) is 6.43. The van der Waals surface area contributed by atoms with Crippen molar-refractivity contribution in [2.24, 2.45) is 5.73 Å². The van der Waals surface area contributed by atoms with E-state index >= 15 is 0 Å². The van der Waals surface area contributed by atoms with Gasteiger partial charge in [-0.3, -0.25) is 4.79 Å². The molecule has 0 fully saturated rings. The van der Waals surface area contributed by atoms with Gasteiger partial charge in [-0.05, 0) is 33.6 Å². The highest BCUT2D eigenvalue weighted by Crippen LogP contribution is 2.14. The molecule has 0 aromatic carbocycles. The van der Waals surface area contributed by atoms with E-state index in [9.17, 15) is 4.79 Å². The fourth-order valence-electron chi connectivity index (χ4n) is 1.94. The van der Waals surface area contributed by atoms with E-state index in [0.717, 1.165) is 23.4 Å². The van der Waals surface area contributed by atoms with Gasteiger partial charge in [0.15, 0.2) is 0 Å². The highest BCUT2D eigenvalue weighted by Gasteiger charge is 2.17. The molecule has 5 nitrogen and oxygen atoms in total. The molecule has 2 unspecified atom stereocenters. The summed E-state index contributed by atoms with van der Waals surface area (Å²) in [5, 5.41) is 6.82. The van der Waals surface area contributed by atoms with E-state index in [1.807, 2.05) is 27.7 Å². The molecule has 3 N–H and O–H groups in total. The zero-order valence-electron chi connectivity index (χ0n) is 12.0. The predicted octanol–water partition coefficient (Wildman–Crippen LogP) is 1.89. The van der Waals surface area contributed by atoms with Crippen LogP contribution in [-0.4, -0.2) is 23.1 Å². The molecule has 0 saturated carbocycles. The maximum atomic E-state index is 11.8. The Hall–Kier alpha value is -1.07. The van der Waals surface area contributed by atoms with Gasteiger partial charge in [0, 0.05) is 11.6 Å². The predicted molar refractivity (Wildman–Crippen MR) is 77.4 cm³/mol. The highest BCUT2D eigenvalue weighted by atomic mass is 35.5. The quantitative estimate of drug-likeness (QED) is 0.838. The summed E-state index contributed by atoms with van der Waals surface area (Å²) < 4.78 is 5.10. The maximum Gasteiger partial charge on any atom is 0.237 e. The lowest BCUT2D eigenvalue weighted by Crippen LogP contribution is -2.45. The van der Waals surface area contributed by atoms with Gasteiger partial charge >= 0.3 is 0 Å². The largest absolute Gasteiger partial charge is 0.361 e. The van der Waals surface area contributed by atoms with E-state index in [0.29, 0.717) is 12.8 Å². The van der Waals surface area contributed by atoms with Crippen molar-refractivity contribution < 1.29 is 9.32 Å². The Morgan fingerprint density at radius 1 is 1.47 bits per heavy atom. The normalized spacial score (nSPS) is 13.5. The Balaban J connectivity index is 0.00000324. The topological polar surface area (TPSA) is 81.2 Å². The van der Waals surface area contributed by atoms with Crippen molar-refractivity contribution >= 4 is 18.3 Å². The van der Waals surface area contributed by atoms with Crippen molar-refractivity contribution in [1.82, 2.24) is 10.5 Å². The molecular formula is C13H24ClN3O2. The van der Waals surface area contributed by atoms with E-state index in [1.165, 1.54) is 0 Å². The van der Waals surface area contributed by atoms with Crippen molar-refractivity contribution in [2.75, 3.05) is 0 Å². The number of aryl methyl sites for hydroxylation is 2. The van der Waals surface area contributed by atoms with Crippen molar-refractivity contribution in [3.63, 3.8) is 0 Å². The van der Waals surface area contributed by atoms with Gasteiger partial charge < -0.3 is 15.6 Å². The maximum absolute atomic E-state index is 11.8. The first-order chi connectivity index (χ1) is 8.45. The molecule has 2 atom stereocenters. The lowest BCUT2D eigenvalue weighted by Gasteiger charge is -2.17. The molecule has 1 amide bonds. The summed E-state index contributed by atoms with van der Waals surface area (Å²) in [6, 6.07) is -0.390. The van der Waals surface area contributed by atoms with Crippen LogP contribution in [0.5, 0.6) is 0 Å². The summed E-state index contributed by atoms with van der Waals surface area (Å²) >= 11 is 0. The van der Waals surface area contributed by atoms with Gasteiger partial charge in [0.1, 0.15) is 5.76 Å². The Morgan fingerprint density at radius 3 is 2.58 bits per heavy atom. The SMILES string of the molecule is CCCC(N)C(=O)NC(C)Cc1c(C)noc1C.Cl. The first-order valence-corrected chi connectivity index (χ1v) is 6.43. The van der Waals surface area contributed by atoms with E-state index in [1.54, 1.807) is 0 Å². The fraction of sp³-hybridized carbons (Fsp3) is 0.692. The standard InChI is InChI=1S/C13H23N3O2.ClH/c1-5-6-12(14)13(17)15-8(2)7-11-9(3)16-18-10(11)4;/h8,12H,5-7,14H2,1-4H3,(H,15,17);1H. The van der Waals surface area contributed by atoms with E-state index in [4.69, 9.17) is 10.3 Å². The second-order valence-corrected chi connectivity index (χ2v) is 4.81. The second kappa shape index (κ2) is 8.17. The molecule has 0 aliphatic carbocycles. The van der Waals surface area contributed by atoms with Crippen molar-refractivity contribution in [1.29, 1.82) is 0 Å². The summed E-state index contributed by atoms with van der Waals surface area (Å²) in [6.45, 7) is 7.76. The van der Waals surface area contributed by atoms with Crippen molar-refractivity contribution in [2.45, 2.75) is 59.0 Å². The zero-order chi connectivity index (χ0) is 13.7. The van der Waals surface area contributed by atoms with Crippen LogP contribution in [0.3, 0.4) is 0 Å². The third kappa shape index (κ3) is 5.20.